The van der Waals surface area contributed by atoms with Crippen molar-refractivity contribution in [2.45, 2.75) is 6.18 Å². The molecule has 2 aromatic carbocycles. The first-order valence-electron chi connectivity index (χ1n) is 10.0. The fourth-order valence-corrected chi connectivity index (χ4v) is 3.57. The van der Waals surface area contributed by atoms with E-state index in [9.17, 15) is 22.4 Å². The number of amides is 1. The van der Waals surface area contributed by atoms with E-state index < -0.39 is 23.5 Å². The highest BCUT2D eigenvalue weighted by Gasteiger charge is 2.30. The van der Waals surface area contributed by atoms with Gasteiger partial charge in [-0.3, -0.25) is 14.3 Å². The fourth-order valence-electron chi connectivity index (χ4n) is 3.57. The van der Waals surface area contributed by atoms with Gasteiger partial charge in [0.05, 0.1) is 29.2 Å². The molecule has 6 nitrogen and oxygen atoms in total. The number of hydrogen-bond acceptors (Lipinski definition) is 3. The lowest BCUT2D eigenvalue weighted by Gasteiger charge is -2.10. The molecule has 0 fully saturated rings. The highest BCUT2D eigenvalue weighted by Crippen LogP contribution is 2.30. The summed E-state index contributed by atoms with van der Waals surface area (Å²) in [6.45, 7) is 0. The molecule has 170 valence electrons. The Bertz CT molecular complexity index is 1490. The molecule has 0 radical (unpaired) electrons. The number of nitrogens with one attached hydrogen (secondary N) is 2. The summed E-state index contributed by atoms with van der Waals surface area (Å²) in [5, 5.41) is 9.11. The predicted octanol–water partition coefficient (Wildman–Crippen LogP) is 5.80. The van der Waals surface area contributed by atoms with E-state index in [0.717, 1.165) is 35.4 Å². The van der Waals surface area contributed by atoms with Crippen molar-refractivity contribution in [2.75, 3.05) is 5.32 Å². The second-order valence-electron chi connectivity index (χ2n) is 7.50. The molecule has 10 heteroatoms. The van der Waals surface area contributed by atoms with Crippen molar-refractivity contribution in [3.63, 3.8) is 0 Å². The third-order valence-electron chi connectivity index (χ3n) is 5.32. The summed E-state index contributed by atoms with van der Waals surface area (Å²) >= 11 is 0. The summed E-state index contributed by atoms with van der Waals surface area (Å²) in [7, 11) is 0. The molecule has 0 saturated carbocycles. The van der Waals surface area contributed by atoms with Crippen LogP contribution in [0.15, 0.2) is 79.4 Å². The molecule has 34 heavy (non-hydrogen) atoms. The van der Waals surface area contributed by atoms with Crippen LogP contribution in [0.25, 0.3) is 28.0 Å². The van der Waals surface area contributed by atoms with Gasteiger partial charge in [0.25, 0.3) is 5.91 Å². The van der Waals surface area contributed by atoms with E-state index in [1.165, 1.54) is 12.1 Å². The molecule has 0 aliphatic rings. The van der Waals surface area contributed by atoms with Gasteiger partial charge in [-0.05, 0) is 48.5 Å². The van der Waals surface area contributed by atoms with Gasteiger partial charge >= 0.3 is 6.18 Å². The molecular formula is C24H15F4N5O. The summed E-state index contributed by atoms with van der Waals surface area (Å²) in [5.41, 5.74) is 2.58. The Morgan fingerprint density at radius 1 is 0.941 bits per heavy atom. The maximum atomic E-state index is 14.9. The molecule has 0 saturated heterocycles. The molecule has 0 bridgehead atoms. The van der Waals surface area contributed by atoms with Crippen LogP contribution < -0.4 is 5.32 Å². The third kappa shape index (κ3) is 4.01. The number of alkyl halides is 3. The van der Waals surface area contributed by atoms with E-state index in [0.29, 0.717) is 16.9 Å². The van der Waals surface area contributed by atoms with Gasteiger partial charge in [-0.1, -0.05) is 6.07 Å². The summed E-state index contributed by atoms with van der Waals surface area (Å²) < 4.78 is 54.8. The van der Waals surface area contributed by atoms with E-state index in [1.807, 2.05) is 18.3 Å². The standard InChI is InChI=1S/C24H15F4N5O/c25-20-9-14(21-12-29-22-8-2-15(13-33(21)22)16-10-30-31-11-16)1-7-19(20)23(34)32-18-5-3-17(4-6-18)24(26,27)28/h1-13H,(H,30,31)(H,32,34). The van der Waals surface area contributed by atoms with Crippen LogP contribution in [0.5, 0.6) is 0 Å². The van der Waals surface area contributed by atoms with Crippen LogP contribution in [-0.2, 0) is 6.18 Å². The number of halogens is 4. The topological polar surface area (TPSA) is 75.1 Å². The summed E-state index contributed by atoms with van der Waals surface area (Å²) in [5.74, 6) is -1.55. The number of anilines is 1. The smallest absolute Gasteiger partial charge is 0.322 e. The van der Waals surface area contributed by atoms with E-state index >= 15 is 0 Å². The molecule has 0 unspecified atom stereocenters. The number of aromatic amines is 1. The van der Waals surface area contributed by atoms with Crippen molar-refractivity contribution < 1.29 is 22.4 Å². The normalized spacial score (nSPS) is 11.6. The number of imidazole rings is 1. The van der Waals surface area contributed by atoms with Crippen molar-refractivity contribution >= 4 is 17.2 Å². The first-order valence-corrected chi connectivity index (χ1v) is 10.0. The number of carbonyl (C=O) groups excluding carboxylic acids is 1. The predicted molar refractivity (Wildman–Crippen MR) is 118 cm³/mol. The minimum absolute atomic E-state index is 0.120. The summed E-state index contributed by atoms with van der Waals surface area (Å²) in [6.07, 6.45) is 2.40. The van der Waals surface area contributed by atoms with Gasteiger partial charge in [0.15, 0.2) is 0 Å². The Hall–Kier alpha value is -4.47. The molecular weight excluding hydrogens is 450 g/mol. The Morgan fingerprint density at radius 3 is 2.38 bits per heavy atom. The minimum Gasteiger partial charge on any atom is -0.322 e. The zero-order valence-corrected chi connectivity index (χ0v) is 17.3. The second kappa shape index (κ2) is 8.14. The third-order valence-corrected chi connectivity index (χ3v) is 5.32. The second-order valence-corrected chi connectivity index (χ2v) is 7.50. The van der Waals surface area contributed by atoms with Crippen molar-refractivity contribution in [2.24, 2.45) is 0 Å². The van der Waals surface area contributed by atoms with Gasteiger partial charge in [-0.2, -0.15) is 18.3 Å². The van der Waals surface area contributed by atoms with Crippen LogP contribution in [0.2, 0.25) is 0 Å². The van der Waals surface area contributed by atoms with Gasteiger partial charge in [-0.15, -0.1) is 0 Å². The first-order chi connectivity index (χ1) is 16.3. The molecule has 5 rings (SSSR count). The fraction of sp³-hybridized carbons (Fsp3) is 0.0417. The molecule has 3 heterocycles. The number of nitrogens with zero attached hydrogens (tertiary/aromatic N) is 3. The van der Waals surface area contributed by atoms with Crippen LogP contribution in [0, 0.1) is 5.82 Å². The highest BCUT2D eigenvalue weighted by molar-refractivity contribution is 6.04. The summed E-state index contributed by atoms with van der Waals surface area (Å²) in [4.78, 5) is 16.8. The highest BCUT2D eigenvalue weighted by atomic mass is 19.4. The number of benzene rings is 2. The maximum Gasteiger partial charge on any atom is 0.416 e. The zero-order chi connectivity index (χ0) is 23.9. The van der Waals surface area contributed by atoms with Crippen molar-refractivity contribution in [1.29, 1.82) is 0 Å². The van der Waals surface area contributed by atoms with Crippen LogP contribution in [-0.4, -0.2) is 25.5 Å². The van der Waals surface area contributed by atoms with E-state index in [2.05, 4.69) is 20.5 Å². The SMILES string of the molecule is O=C(Nc1ccc(C(F)(F)F)cc1)c1ccc(-c2cnc3ccc(-c4cn[nH]c4)cn23)cc1F. The maximum absolute atomic E-state index is 14.9. The van der Waals surface area contributed by atoms with E-state index in [1.54, 1.807) is 29.1 Å². The molecule has 0 atom stereocenters. The van der Waals surface area contributed by atoms with E-state index in [-0.39, 0.29) is 11.3 Å². The van der Waals surface area contributed by atoms with Gasteiger partial charge in [0.1, 0.15) is 11.5 Å². The number of carbonyl (C=O) groups is 1. The molecule has 3 aromatic heterocycles. The Morgan fingerprint density at radius 2 is 1.71 bits per heavy atom. The lowest BCUT2D eigenvalue weighted by atomic mass is 10.1. The number of fused-ring (bicyclic) bond motifs is 1. The monoisotopic (exact) mass is 465 g/mol. The molecule has 1 amide bonds. The van der Waals surface area contributed by atoms with E-state index in [4.69, 9.17) is 0 Å². The van der Waals surface area contributed by atoms with Gasteiger partial charge < -0.3 is 5.32 Å². The Balaban J connectivity index is 1.41. The molecule has 0 aliphatic carbocycles. The van der Waals surface area contributed by atoms with Gasteiger partial charge in [0.2, 0.25) is 0 Å². The molecule has 5 aromatic rings. The van der Waals surface area contributed by atoms with Crippen molar-refractivity contribution in [3.8, 4) is 22.4 Å². The van der Waals surface area contributed by atoms with Gasteiger partial charge in [-0.25, -0.2) is 9.37 Å². The quantitative estimate of drug-likeness (QED) is 0.330. The molecule has 0 spiro atoms. The van der Waals surface area contributed by atoms with Crippen LogP contribution in [0.3, 0.4) is 0 Å². The zero-order valence-electron chi connectivity index (χ0n) is 17.3. The average molecular weight is 465 g/mol. The number of pyridine rings is 1. The van der Waals surface area contributed by atoms with Crippen LogP contribution in [0.4, 0.5) is 23.2 Å². The number of rotatable bonds is 4. The van der Waals surface area contributed by atoms with Crippen LogP contribution >= 0.6 is 0 Å². The minimum atomic E-state index is -4.48. The first kappa shape index (κ1) is 21.4. The summed E-state index contributed by atoms with van der Waals surface area (Å²) in [6, 6.07) is 11.8. The van der Waals surface area contributed by atoms with Crippen LogP contribution in [0.1, 0.15) is 15.9 Å². The number of H-pyrrole nitrogens is 1. The van der Waals surface area contributed by atoms with Crippen molar-refractivity contribution in [1.82, 2.24) is 19.6 Å². The Kier molecular flexibility index (Phi) is 5.12. The Labute approximate surface area is 189 Å². The lowest BCUT2D eigenvalue weighted by molar-refractivity contribution is -0.137. The molecule has 0 aliphatic heterocycles. The molecule has 2 N–H and O–H groups in total. The van der Waals surface area contributed by atoms with Crippen molar-refractivity contribution in [3.05, 3.63) is 96.3 Å². The average Bonchev–Trinajstić information content (AvgIpc) is 3.48. The number of aromatic nitrogens is 4. The van der Waals surface area contributed by atoms with Gasteiger partial charge in [0, 0.05) is 34.8 Å². The largest absolute Gasteiger partial charge is 0.416 e. The lowest BCUT2D eigenvalue weighted by Crippen LogP contribution is -2.14. The number of hydrogen-bond donors (Lipinski definition) is 2.